The van der Waals surface area contributed by atoms with Gasteiger partial charge in [-0.25, -0.2) is 8.42 Å². The van der Waals surface area contributed by atoms with Crippen molar-refractivity contribution in [3.63, 3.8) is 0 Å². The van der Waals surface area contributed by atoms with Crippen molar-refractivity contribution >= 4 is 21.6 Å². The van der Waals surface area contributed by atoms with Crippen molar-refractivity contribution in [3.05, 3.63) is 28.8 Å². The van der Waals surface area contributed by atoms with Crippen LogP contribution in [0.3, 0.4) is 0 Å². The smallest absolute Gasteiger partial charge is 0.243 e. The molecular formula is C16H23ClN2O2S. The normalized spacial score (nSPS) is 22.3. The van der Waals surface area contributed by atoms with Crippen LogP contribution in [0.1, 0.15) is 31.2 Å². The van der Waals surface area contributed by atoms with Gasteiger partial charge in [-0.05, 0) is 63.4 Å². The summed E-state index contributed by atoms with van der Waals surface area (Å²) in [6, 6.07) is 5.55. The second kappa shape index (κ2) is 6.48. The Morgan fingerprint density at radius 1 is 1.09 bits per heavy atom. The Labute approximate surface area is 138 Å². The van der Waals surface area contributed by atoms with Crippen LogP contribution in [0, 0.1) is 6.92 Å². The summed E-state index contributed by atoms with van der Waals surface area (Å²) in [5.74, 6) is 0. The van der Waals surface area contributed by atoms with Gasteiger partial charge in [0.2, 0.25) is 10.0 Å². The van der Waals surface area contributed by atoms with Crippen molar-refractivity contribution in [1.82, 2.24) is 9.21 Å². The van der Waals surface area contributed by atoms with Gasteiger partial charge in [-0.2, -0.15) is 4.31 Å². The van der Waals surface area contributed by atoms with Crippen LogP contribution in [-0.4, -0.2) is 49.8 Å². The summed E-state index contributed by atoms with van der Waals surface area (Å²) < 4.78 is 27.1. The molecule has 0 saturated carbocycles. The van der Waals surface area contributed by atoms with Crippen molar-refractivity contribution in [3.8, 4) is 0 Å². The number of nitrogens with zero attached hydrogens (tertiary/aromatic N) is 2. The number of likely N-dealkylation sites (tertiary alicyclic amines) is 1. The predicted octanol–water partition coefficient (Wildman–Crippen LogP) is 2.90. The molecule has 22 heavy (non-hydrogen) atoms. The van der Waals surface area contributed by atoms with E-state index in [0.717, 1.165) is 18.4 Å². The molecule has 0 unspecified atom stereocenters. The third kappa shape index (κ3) is 3.18. The molecule has 0 atom stereocenters. The molecule has 2 aliphatic rings. The van der Waals surface area contributed by atoms with Crippen molar-refractivity contribution in [2.45, 2.75) is 43.5 Å². The van der Waals surface area contributed by atoms with E-state index in [4.69, 9.17) is 11.6 Å². The molecule has 0 bridgehead atoms. The fourth-order valence-electron chi connectivity index (χ4n) is 3.44. The summed E-state index contributed by atoms with van der Waals surface area (Å²) >= 11 is 6.08. The van der Waals surface area contributed by atoms with E-state index in [0.29, 0.717) is 29.0 Å². The first kappa shape index (κ1) is 16.2. The van der Waals surface area contributed by atoms with E-state index in [1.54, 1.807) is 22.5 Å². The summed E-state index contributed by atoms with van der Waals surface area (Å²) in [5.41, 5.74) is 0.897. The minimum Gasteiger partial charge on any atom is -0.300 e. The highest BCUT2D eigenvalue weighted by molar-refractivity contribution is 7.89. The molecule has 4 nitrogen and oxygen atoms in total. The largest absolute Gasteiger partial charge is 0.300 e. The van der Waals surface area contributed by atoms with Crippen LogP contribution >= 0.6 is 11.6 Å². The first-order chi connectivity index (χ1) is 10.5. The Bertz CT molecular complexity index is 634. The SMILES string of the molecule is Cc1ccc(S(=O)(=O)N2CCC(N3CCCC3)CC2)cc1Cl. The average molecular weight is 343 g/mol. The van der Waals surface area contributed by atoms with Gasteiger partial charge in [-0.1, -0.05) is 17.7 Å². The maximum Gasteiger partial charge on any atom is 0.243 e. The van der Waals surface area contributed by atoms with Crippen LogP contribution in [0.4, 0.5) is 0 Å². The molecule has 3 rings (SSSR count). The Kier molecular flexibility index (Phi) is 4.78. The Hall–Kier alpha value is -0.620. The molecule has 0 aliphatic carbocycles. The van der Waals surface area contributed by atoms with Gasteiger partial charge in [-0.15, -0.1) is 0 Å². The van der Waals surface area contributed by atoms with Crippen LogP contribution in [0.15, 0.2) is 23.1 Å². The third-order valence-electron chi connectivity index (χ3n) is 4.86. The van der Waals surface area contributed by atoms with Crippen LogP contribution in [0.25, 0.3) is 0 Å². The molecule has 0 radical (unpaired) electrons. The van der Waals surface area contributed by atoms with E-state index < -0.39 is 10.0 Å². The van der Waals surface area contributed by atoms with Crippen LogP contribution in [-0.2, 0) is 10.0 Å². The zero-order valence-electron chi connectivity index (χ0n) is 13.0. The highest BCUT2D eigenvalue weighted by Gasteiger charge is 2.32. The summed E-state index contributed by atoms with van der Waals surface area (Å²) in [6.45, 7) is 5.43. The highest BCUT2D eigenvalue weighted by Crippen LogP contribution is 2.27. The van der Waals surface area contributed by atoms with Gasteiger partial charge in [0.1, 0.15) is 0 Å². The lowest BCUT2D eigenvalue weighted by atomic mass is 10.1. The van der Waals surface area contributed by atoms with Gasteiger partial charge < -0.3 is 4.90 Å². The van der Waals surface area contributed by atoms with Crippen LogP contribution in [0.2, 0.25) is 5.02 Å². The van der Waals surface area contributed by atoms with Crippen molar-refractivity contribution in [2.24, 2.45) is 0 Å². The topological polar surface area (TPSA) is 40.6 Å². The Balaban J connectivity index is 1.70. The summed E-state index contributed by atoms with van der Waals surface area (Å²) in [4.78, 5) is 2.83. The minimum atomic E-state index is -3.42. The molecule has 0 amide bonds. The van der Waals surface area contributed by atoms with E-state index in [9.17, 15) is 8.42 Å². The van der Waals surface area contributed by atoms with Gasteiger partial charge in [0.05, 0.1) is 4.90 Å². The lowest BCUT2D eigenvalue weighted by molar-refractivity contribution is 0.168. The molecule has 1 aromatic rings. The molecule has 6 heteroatoms. The molecule has 0 spiro atoms. The van der Waals surface area contributed by atoms with Gasteiger partial charge in [-0.3, -0.25) is 0 Å². The van der Waals surface area contributed by atoms with E-state index in [1.165, 1.54) is 25.9 Å². The number of piperidine rings is 1. The zero-order valence-corrected chi connectivity index (χ0v) is 14.5. The average Bonchev–Trinajstić information content (AvgIpc) is 3.04. The first-order valence-corrected chi connectivity index (χ1v) is 9.80. The molecule has 0 N–H and O–H groups in total. The number of rotatable bonds is 3. The molecule has 1 aromatic carbocycles. The van der Waals surface area contributed by atoms with Crippen molar-refractivity contribution < 1.29 is 8.42 Å². The van der Waals surface area contributed by atoms with Crippen LogP contribution in [0.5, 0.6) is 0 Å². The number of hydrogen-bond acceptors (Lipinski definition) is 3. The lowest BCUT2D eigenvalue weighted by Gasteiger charge is -2.36. The summed E-state index contributed by atoms with van der Waals surface area (Å²) in [7, 11) is -3.42. The molecule has 2 fully saturated rings. The predicted molar refractivity (Wildman–Crippen MR) is 88.8 cm³/mol. The molecule has 0 aromatic heterocycles. The number of aryl methyl sites for hydroxylation is 1. The summed E-state index contributed by atoms with van der Waals surface area (Å²) in [6.07, 6.45) is 4.42. The maximum atomic E-state index is 12.7. The van der Waals surface area contributed by atoms with Gasteiger partial charge in [0.15, 0.2) is 0 Å². The highest BCUT2D eigenvalue weighted by atomic mass is 35.5. The monoisotopic (exact) mass is 342 g/mol. The maximum absolute atomic E-state index is 12.7. The first-order valence-electron chi connectivity index (χ1n) is 7.99. The second-order valence-corrected chi connectivity index (χ2v) is 8.63. The van der Waals surface area contributed by atoms with Gasteiger partial charge >= 0.3 is 0 Å². The minimum absolute atomic E-state index is 0.308. The van der Waals surface area contributed by atoms with Crippen molar-refractivity contribution in [1.29, 1.82) is 0 Å². The fraction of sp³-hybridized carbons (Fsp3) is 0.625. The van der Waals surface area contributed by atoms with E-state index >= 15 is 0 Å². The lowest BCUT2D eigenvalue weighted by Crippen LogP contribution is -2.45. The number of benzene rings is 1. The van der Waals surface area contributed by atoms with E-state index in [2.05, 4.69) is 4.90 Å². The summed E-state index contributed by atoms with van der Waals surface area (Å²) in [5, 5.41) is 0.507. The molecule has 2 heterocycles. The Morgan fingerprint density at radius 3 is 2.32 bits per heavy atom. The van der Waals surface area contributed by atoms with E-state index in [1.807, 2.05) is 6.92 Å². The van der Waals surface area contributed by atoms with E-state index in [-0.39, 0.29) is 0 Å². The standard InChI is InChI=1S/C16H23ClN2O2S/c1-13-4-5-15(12-16(13)17)22(20,21)19-10-6-14(7-11-19)18-8-2-3-9-18/h4-5,12,14H,2-3,6-11H2,1H3. The van der Waals surface area contributed by atoms with Gasteiger partial charge in [0.25, 0.3) is 0 Å². The zero-order chi connectivity index (χ0) is 15.7. The Morgan fingerprint density at radius 2 is 1.73 bits per heavy atom. The third-order valence-corrected chi connectivity index (χ3v) is 7.16. The van der Waals surface area contributed by atoms with Gasteiger partial charge in [0, 0.05) is 24.2 Å². The number of hydrogen-bond donors (Lipinski definition) is 0. The molecule has 122 valence electrons. The molecular weight excluding hydrogens is 320 g/mol. The van der Waals surface area contributed by atoms with Crippen molar-refractivity contribution in [2.75, 3.05) is 26.2 Å². The molecule has 2 saturated heterocycles. The number of sulfonamides is 1. The second-order valence-electron chi connectivity index (χ2n) is 6.29. The number of halogens is 1. The fourth-order valence-corrected chi connectivity index (χ4v) is 5.18. The van der Waals surface area contributed by atoms with Crippen LogP contribution < -0.4 is 0 Å². The quantitative estimate of drug-likeness (QED) is 0.848. The molecule has 2 aliphatic heterocycles.